The van der Waals surface area contributed by atoms with Gasteiger partial charge < -0.3 is 16.2 Å². The highest BCUT2D eigenvalue weighted by Crippen LogP contribution is 2.23. The summed E-state index contributed by atoms with van der Waals surface area (Å²) < 4.78 is 12.5. The number of anilines is 1. The predicted octanol–water partition coefficient (Wildman–Crippen LogP) is 2.25. The van der Waals surface area contributed by atoms with Crippen LogP contribution < -0.4 is 5.73 Å². The third-order valence-electron chi connectivity index (χ3n) is 3.75. The van der Waals surface area contributed by atoms with Crippen LogP contribution in [-0.4, -0.2) is 19.7 Å². The van der Waals surface area contributed by atoms with E-state index in [0.717, 1.165) is 33.4 Å². The number of nitrogens with zero attached hydrogens (tertiary/aromatic N) is 1. The van der Waals surface area contributed by atoms with Crippen LogP contribution in [0.1, 0.15) is 16.7 Å². The van der Waals surface area contributed by atoms with Crippen molar-refractivity contribution in [3.05, 3.63) is 53.1 Å². The summed E-state index contributed by atoms with van der Waals surface area (Å²) in [5.41, 5.74) is 11.7. The predicted molar refractivity (Wildman–Crippen MR) is 90.1 cm³/mol. The molecule has 1 heterocycles. The van der Waals surface area contributed by atoms with Gasteiger partial charge in [0.05, 0.1) is 27.6 Å². The number of imidazole rings is 1. The molecule has 0 fully saturated rings. The minimum Gasteiger partial charge on any atom is -0.412 e. The van der Waals surface area contributed by atoms with E-state index in [-0.39, 0.29) is 5.48 Å². The highest BCUT2D eigenvalue weighted by atomic mass is 32.2. The van der Waals surface area contributed by atoms with Gasteiger partial charge in [0, 0.05) is 5.69 Å². The molecule has 116 valence electrons. The molecule has 0 spiro atoms. The first-order valence-corrected chi connectivity index (χ1v) is 8.06. The molecule has 0 radical (unpaired) electrons. The molecule has 3 aromatic rings. The molecule has 0 bridgehead atoms. The second-order valence-corrected chi connectivity index (χ2v) is 6.50. The van der Waals surface area contributed by atoms with Crippen molar-refractivity contribution in [2.75, 3.05) is 5.73 Å². The van der Waals surface area contributed by atoms with Gasteiger partial charge in [-0.3, -0.25) is 4.21 Å². The van der Waals surface area contributed by atoms with Gasteiger partial charge >= 0.3 is 0 Å². The highest BCUT2D eigenvalue weighted by molar-refractivity contribution is 7.84. The van der Waals surface area contributed by atoms with Gasteiger partial charge in [-0.1, -0.05) is 24.3 Å². The Morgan fingerprint density at radius 1 is 1.18 bits per heavy atom. The molecular weight excluding hydrogens is 298 g/mol. The minimum absolute atomic E-state index is 0. The lowest BCUT2D eigenvalue weighted by Gasteiger charge is -2.09. The molecule has 0 amide bonds. The summed E-state index contributed by atoms with van der Waals surface area (Å²) in [6.45, 7) is 4.00. The number of nitrogens with one attached hydrogen (secondary N) is 1. The monoisotopic (exact) mass is 317 g/mol. The number of fused-ring (bicyclic) bond motifs is 1. The molecule has 1 atom stereocenters. The Bertz CT molecular complexity index is 810. The number of H-pyrrole nitrogens is 1. The van der Waals surface area contributed by atoms with E-state index < -0.39 is 10.8 Å². The molecule has 0 aliphatic rings. The Hall–Kier alpha value is -2.18. The van der Waals surface area contributed by atoms with Crippen LogP contribution in [0.15, 0.2) is 41.6 Å². The molecule has 2 aromatic carbocycles. The molecule has 5 N–H and O–H groups in total. The number of para-hydroxylation sites is 2. The molecule has 0 aliphatic carbocycles. The molecule has 22 heavy (non-hydrogen) atoms. The number of hydrogen-bond donors (Lipinski definition) is 2. The molecule has 6 heteroatoms. The number of aryl methyl sites for hydroxylation is 1. The normalized spacial score (nSPS) is 12.1. The average molecular weight is 317 g/mol. The van der Waals surface area contributed by atoms with Gasteiger partial charge in [-0.2, -0.15) is 0 Å². The van der Waals surface area contributed by atoms with Crippen molar-refractivity contribution < 1.29 is 9.69 Å². The fraction of sp³-hybridized carbons (Fsp3) is 0.188. The first kappa shape index (κ1) is 16.2. The van der Waals surface area contributed by atoms with Crippen molar-refractivity contribution in [1.82, 2.24) is 9.97 Å². The summed E-state index contributed by atoms with van der Waals surface area (Å²) in [6, 6.07) is 11.6. The lowest BCUT2D eigenvalue weighted by molar-refractivity contribution is 0.677. The molecular formula is C16H19N3O2S. The summed E-state index contributed by atoms with van der Waals surface area (Å²) in [5, 5.41) is 0.494. The smallest absolute Gasteiger partial charge is 0.197 e. The Balaban J connectivity index is 0.00000176. The first-order valence-electron chi connectivity index (χ1n) is 6.74. The van der Waals surface area contributed by atoms with Crippen LogP contribution in [0, 0.1) is 13.8 Å². The van der Waals surface area contributed by atoms with E-state index >= 15 is 0 Å². The molecule has 3 rings (SSSR count). The van der Waals surface area contributed by atoms with E-state index in [0.29, 0.717) is 10.9 Å². The number of aromatic amines is 1. The van der Waals surface area contributed by atoms with E-state index in [1.54, 1.807) is 0 Å². The maximum absolute atomic E-state index is 12.5. The van der Waals surface area contributed by atoms with E-state index in [1.807, 2.05) is 50.2 Å². The average Bonchev–Trinajstić information content (AvgIpc) is 2.92. The standard InChI is InChI=1S/C16H17N3OS.H2O/c1-10-7-8-12(15(17)11(10)2)9-21(20)16-18-13-5-3-4-6-14(13)19-16;/h3-8H,9,17H2,1-2H3,(H,18,19);1H2. The van der Waals surface area contributed by atoms with Crippen molar-refractivity contribution >= 4 is 27.5 Å². The largest absolute Gasteiger partial charge is 0.412 e. The number of aromatic nitrogens is 2. The van der Waals surface area contributed by atoms with Crippen molar-refractivity contribution in [3.63, 3.8) is 0 Å². The zero-order valence-electron chi connectivity index (χ0n) is 12.5. The number of benzene rings is 2. The van der Waals surface area contributed by atoms with Gasteiger partial charge in [-0.15, -0.1) is 0 Å². The van der Waals surface area contributed by atoms with Crippen molar-refractivity contribution in [2.45, 2.75) is 24.8 Å². The topological polar surface area (TPSA) is 103 Å². The second-order valence-electron chi connectivity index (χ2n) is 5.13. The van der Waals surface area contributed by atoms with E-state index in [9.17, 15) is 4.21 Å². The van der Waals surface area contributed by atoms with Crippen LogP contribution in [0.3, 0.4) is 0 Å². The maximum Gasteiger partial charge on any atom is 0.197 e. The van der Waals surface area contributed by atoms with Crippen LogP contribution in [0.25, 0.3) is 11.0 Å². The molecule has 0 saturated carbocycles. The molecule has 0 saturated heterocycles. The summed E-state index contributed by atoms with van der Waals surface area (Å²) in [7, 11) is -1.24. The zero-order chi connectivity index (χ0) is 15.0. The van der Waals surface area contributed by atoms with Crippen LogP contribution in [0.4, 0.5) is 5.69 Å². The van der Waals surface area contributed by atoms with Crippen LogP contribution in [0.5, 0.6) is 0 Å². The lowest BCUT2D eigenvalue weighted by atomic mass is 10.0. The maximum atomic E-state index is 12.5. The molecule has 1 aromatic heterocycles. The SMILES string of the molecule is Cc1ccc(CS(=O)c2nc3ccccc3[nH]2)c(N)c1C.O. The van der Waals surface area contributed by atoms with Gasteiger partial charge in [0.25, 0.3) is 0 Å². The van der Waals surface area contributed by atoms with Gasteiger partial charge in [0.2, 0.25) is 0 Å². The van der Waals surface area contributed by atoms with E-state index in [1.165, 1.54) is 0 Å². The lowest BCUT2D eigenvalue weighted by Crippen LogP contribution is -2.04. The number of nitrogens with two attached hydrogens (primary N) is 1. The minimum atomic E-state index is -1.24. The summed E-state index contributed by atoms with van der Waals surface area (Å²) >= 11 is 0. The number of hydrogen-bond acceptors (Lipinski definition) is 3. The van der Waals surface area contributed by atoms with Crippen molar-refractivity contribution in [3.8, 4) is 0 Å². The fourth-order valence-electron chi connectivity index (χ4n) is 2.27. The van der Waals surface area contributed by atoms with Gasteiger partial charge in [0.1, 0.15) is 0 Å². The summed E-state index contributed by atoms with van der Waals surface area (Å²) in [4.78, 5) is 7.49. The Morgan fingerprint density at radius 2 is 1.91 bits per heavy atom. The Labute approximate surface area is 131 Å². The number of rotatable bonds is 3. The third kappa shape index (κ3) is 2.88. The summed E-state index contributed by atoms with van der Waals surface area (Å²) in [6.07, 6.45) is 0. The quantitative estimate of drug-likeness (QED) is 0.724. The molecule has 5 nitrogen and oxygen atoms in total. The van der Waals surface area contributed by atoms with E-state index in [2.05, 4.69) is 9.97 Å². The third-order valence-corrected chi connectivity index (χ3v) is 4.94. The van der Waals surface area contributed by atoms with Crippen LogP contribution in [0.2, 0.25) is 0 Å². The fourth-order valence-corrected chi connectivity index (χ4v) is 3.36. The van der Waals surface area contributed by atoms with Crippen LogP contribution in [-0.2, 0) is 16.6 Å². The highest BCUT2D eigenvalue weighted by Gasteiger charge is 2.13. The second kappa shape index (κ2) is 6.29. The van der Waals surface area contributed by atoms with Gasteiger partial charge in [0.15, 0.2) is 5.16 Å². The molecule has 1 unspecified atom stereocenters. The Morgan fingerprint density at radius 3 is 2.64 bits per heavy atom. The first-order chi connectivity index (χ1) is 10.1. The van der Waals surface area contributed by atoms with Crippen molar-refractivity contribution in [2.24, 2.45) is 0 Å². The zero-order valence-corrected chi connectivity index (χ0v) is 13.3. The molecule has 0 aliphatic heterocycles. The van der Waals surface area contributed by atoms with Crippen LogP contribution >= 0.6 is 0 Å². The summed E-state index contributed by atoms with van der Waals surface area (Å²) in [5.74, 6) is 0.368. The Kier molecular flexibility index (Phi) is 4.63. The van der Waals surface area contributed by atoms with E-state index in [4.69, 9.17) is 5.73 Å². The number of nitrogen functional groups attached to an aromatic ring is 1. The van der Waals surface area contributed by atoms with Crippen molar-refractivity contribution in [1.29, 1.82) is 0 Å². The van der Waals surface area contributed by atoms with Gasteiger partial charge in [-0.05, 0) is 42.7 Å². The van der Waals surface area contributed by atoms with Gasteiger partial charge in [-0.25, -0.2) is 4.98 Å².